The molecule has 5 aromatic rings. The average molecular weight is 551 g/mol. The number of carbonyl (C=O) groups is 1. The van der Waals surface area contributed by atoms with Crippen LogP contribution in [-0.2, 0) is 25.4 Å². The summed E-state index contributed by atoms with van der Waals surface area (Å²) in [6, 6.07) is 19.0. The number of fused-ring (bicyclic) bond motifs is 7. The fourth-order valence-electron chi connectivity index (χ4n) is 5.59. The third-order valence-electron chi connectivity index (χ3n) is 7.30. The van der Waals surface area contributed by atoms with Crippen LogP contribution < -0.4 is 5.32 Å². The molecule has 202 valence electrons. The van der Waals surface area contributed by atoms with E-state index in [0.29, 0.717) is 38.4 Å². The molecular weight excluding hydrogens is 532 g/mol. The summed E-state index contributed by atoms with van der Waals surface area (Å²) >= 11 is 0. The zero-order valence-electron chi connectivity index (χ0n) is 20.5. The molecule has 0 unspecified atom stereocenters. The summed E-state index contributed by atoms with van der Waals surface area (Å²) in [6.07, 6.45) is -10.00. The molecule has 0 aliphatic carbocycles. The Kier molecular flexibility index (Phi) is 5.88. The van der Waals surface area contributed by atoms with Crippen molar-refractivity contribution in [2.75, 3.05) is 0 Å². The van der Waals surface area contributed by atoms with Crippen LogP contribution in [0.25, 0.3) is 43.8 Å². The maximum Gasteiger partial charge on any atom is 0.416 e. The number of halogens is 6. The minimum Gasteiger partial charge on any atom is -0.478 e. The SMILES string of the molecule is O=C(O)c1cc2ccccc2c2c1CNCc1c(-c3cc(C(F)(F)F)cc(C(F)(F)F)c3)cc3ccccc3c1-2. The third kappa shape index (κ3) is 4.26. The summed E-state index contributed by atoms with van der Waals surface area (Å²) in [4.78, 5) is 12.3. The topological polar surface area (TPSA) is 49.3 Å². The largest absolute Gasteiger partial charge is 0.478 e. The van der Waals surface area contributed by atoms with E-state index in [1.165, 1.54) is 0 Å². The summed E-state index contributed by atoms with van der Waals surface area (Å²) in [6.45, 7) is 0.232. The van der Waals surface area contributed by atoms with Crippen molar-refractivity contribution in [3.05, 3.63) is 107 Å². The van der Waals surface area contributed by atoms with Gasteiger partial charge in [0.25, 0.3) is 0 Å². The molecule has 5 aromatic carbocycles. The van der Waals surface area contributed by atoms with Gasteiger partial charge in [-0.1, -0.05) is 48.5 Å². The Hall–Kier alpha value is -4.37. The number of carboxylic acids is 1. The van der Waals surface area contributed by atoms with Crippen molar-refractivity contribution in [1.29, 1.82) is 0 Å². The van der Waals surface area contributed by atoms with Gasteiger partial charge >= 0.3 is 18.3 Å². The monoisotopic (exact) mass is 551 g/mol. The van der Waals surface area contributed by atoms with Crippen molar-refractivity contribution < 1.29 is 36.2 Å². The highest BCUT2D eigenvalue weighted by atomic mass is 19.4. The molecule has 0 radical (unpaired) electrons. The minimum absolute atomic E-state index is 0.0713. The number of alkyl halides is 6. The quantitative estimate of drug-likeness (QED) is 0.216. The molecule has 2 N–H and O–H groups in total. The van der Waals surface area contributed by atoms with Crippen LogP contribution in [0.2, 0.25) is 0 Å². The van der Waals surface area contributed by atoms with Gasteiger partial charge in [0.05, 0.1) is 16.7 Å². The number of nitrogens with one attached hydrogen (secondary N) is 1. The molecule has 0 saturated heterocycles. The van der Waals surface area contributed by atoms with Gasteiger partial charge in [0.15, 0.2) is 0 Å². The number of hydrogen-bond acceptors (Lipinski definition) is 2. The van der Waals surface area contributed by atoms with Gasteiger partial charge in [-0.3, -0.25) is 0 Å². The molecule has 0 saturated carbocycles. The van der Waals surface area contributed by atoms with Crippen LogP contribution in [0.1, 0.15) is 32.6 Å². The summed E-state index contributed by atoms with van der Waals surface area (Å²) in [5, 5.41) is 15.9. The molecule has 3 nitrogen and oxygen atoms in total. The number of carboxylic acid groups (broad SMARTS) is 1. The summed E-state index contributed by atoms with van der Waals surface area (Å²) in [5.74, 6) is -1.14. The Morgan fingerprint density at radius 3 is 1.73 bits per heavy atom. The highest BCUT2D eigenvalue weighted by Gasteiger charge is 2.37. The van der Waals surface area contributed by atoms with Gasteiger partial charge < -0.3 is 10.4 Å². The lowest BCUT2D eigenvalue weighted by atomic mass is 9.82. The van der Waals surface area contributed by atoms with Crippen LogP contribution in [-0.4, -0.2) is 11.1 Å². The van der Waals surface area contributed by atoms with E-state index >= 15 is 0 Å². The molecule has 1 aliphatic heterocycles. The van der Waals surface area contributed by atoms with Crippen molar-refractivity contribution in [3.63, 3.8) is 0 Å². The highest BCUT2D eigenvalue weighted by Crippen LogP contribution is 2.47. The van der Waals surface area contributed by atoms with Gasteiger partial charge in [0, 0.05) is 13.1 Å². The third-order valence-corrected chi connectivity index (χ3v) is 7.30. The summed E-state index contributed by atoms with van der Waals surface area (Å²) < 4.78 is 82.6. The second kappa shape index (κ2) is 9.09. The van der Waals surface area contributed by atoms with E-state index in [2.05, 4.69) is 5.32 Å². The normalized spacial score (nSPS) is 13.7. The molecule has 1 aliphatic rings. The van der Waals surface area contributed by atoms with Crippen LogP contribution in [0.5, 0.6) is 0 Å². The molecule has 9 heteroatoms. The van der Waals surface area contributed by atoms with E-state index in [0.717, 1.165) is 17.5 Å². The van der Waals surface area contributed by atoms with Gasteiger partial charge in [0.1, 0.15) is 0 Å². The van der Waals surface area contributed by atoms with E-state index in [-0.39, 0.29) is 35.8 Å². The minimum atomic E-state index is -5.00. The van der Waals surface area contributed by atoms with E-state index < -0.39 is 29.4 Å². The lowest BCUT2D eigenvalue weighted by Crippen LogP contribution is -2.14. The molecule has 0 fully saturated rings. The number of hydrogen-bond donors (Lipinski definition) is 2. The number of rotatable bonds is 2. The van der Waals surface area contributed by atoms with Gasteiger partial charge in [0.2, 0.25) is 0 Å². The highest BCUT2D eigenvalue weighted by molar-refractivity contribution is 6.12. The Bertz CT molecular complexity index is 1810. The van der Waals surface area contributed by atoms with Crippen molar-refractivity contribution in [3.8, 4) is 22.3 Å². The Morgan fingerprint density at radius 1 is 0.675 bits per heavy atom. The molecule has 0 aromatic heterocycles. The van der Waals surface area contributed by atoms with E-state index in [1.807, 2.05) is 12.1 Å². The first-order chi connectivity index (χ1) is 18.9. The predicted molar refractivity (Wildman–Crippen MR) is 140 cm³/mol. The lowest BCUT2D eigenvalue weighted by Gasteiger charge is -2.21. The first-order valence-corrected chi connectivity index (χ1v) is 12.3. The van der Waals surface area contributed by atoms with Crippen molar-refractivity contribution in [2.24, 2.45) is 0 Å². The maximum absolute atomic E-state index is 13.8. The van der Waals surface area contributed by atoms with E-state index in [1.54, 1.807) is 48.5 Å². The zero-order chi connectivity index (χ0) is 28.4. The van der Waals surface area contributed by atoms with Gasteiger partial charge in [-0.25, -0.2) is 4.79 Å². The van der Waals surface area contributed by atoms with Crippen LogP contribution in [0, 0.1) is 0 Å². The van der Waals surface area contributed by atoms with Gasteiger partial charge in [-0.05, 0) is 85.3 Å². The van der Waals surface area contributed by atoms with E-state index in [4.69, 9.17) is 0 Å². The van der Waals surface area contributed by atoms with Crippen molar-refractivity contribution in [2.45, 2.75) is 25.4 Å². The van der Waals surface area contributed by atoms with Gasteiger partial charge in [-0.15, -0.1) is 0 Å². The second-order valence-corrected chi connectivity index (χ2v) is 9.70. The second-order valence-electron chi connectivity index (χ2n) is 9.70. The Morgan fingerprint density at radius 2 is 1.18 bits per heavy atom. The standard InChI is InChI=1S/C31H19F6NO2/c32-30(33,34)19-9-18(10-20(13-19)31(35,36)37)23-11-16-5-1-3-7-21(16)27-25(23)14-38-15-26-24(29(39)40)12-17-6-2-4-8-22(17)28(26)27/h1-13,38H,14-15H2,(H,39,40). The molecule has 0 atom stereocenters. The van der Waals surface area contributed by atoms with Gasteiger partial charge in [-0.2, -0.15) is 26.3 Å². The van der Waals surface area contributed by atoms with Crippen LogP contribution in [0.3, 0.4) is 0 Å². The molecular formula is C31H19F6NO2. The van der Waals surface area contributed by atoms with Crippen molar-refractivity contribution in [1.82, 2.24) is 5.32 Å². The lowest BCUT2D eigenvalue weighted by molar-refractivity contribution is -0.143. The van der Waals surface area contributed by atoms with Crippen LogP contribution in [0.4, 0.5) is 26.3 Å². The van der Waals surface area contributed by atoms with Crippen LogP contribution in [0.15, 0.2) is 78.9 Å². The molecule has 0 bridgehead atoms. The fraction of sp³-hybridized carbons (Fsp3) is 0.129. The predicted octanol–water partition coefficient (Wildman–Crippen LogP) is 8.67. The number of benzene rings is 5. The molecule has 0 amide bonds. The fourth-order valence-corrected chi connectivity index (χ4v) is 5.59. The van der Waals surface area contributed by atoms with Crippen molar-refractivity contribution >= 4 is 27.5 Å². The molecule has 0 spiro atoms. The van der Waals surface area contributed by atoms with E-state index in [9.17, 15) is 36.2 Å². The first-order valence-electron chi connectivity index (χ1n) is 12.3. The zero-order valence-corrected chi connectivity index (χ0v) is 20.5. The summed E-state index contributed by atoms with van der Waals surface area (Å²) in [5.41, 5.74) is -0.606. The molecule has 1 heterocycles. The molecule has 40 heavy (non-hydrogen) atoms. The van der Waals surface area contributed by atoms with Crippen LogP contribution >= 0.6 is 0 Å². The Balaban J connectivity index is 1.79. The summed E-state index contributed by atoms with van der Waals surface area (Å²) in [7, 11) is 0. The Labute approximate surface area is 223 Å². The first kappa shape index (κ1) is 25.9. The molecule has 6 rings (SSSR count). The number of aromatic carboxylic acids is 1. The maximum atomic E-state index is 13.8. The average Bonchev–Trinajstić information content (AvgIpc) is 3.11. The smallest absolute Gasteiger partial charge is 0.416 e.